The molecular weight excluding hydrogens is 354 g/mol. The van der Waals surface area contributed by atoms with Crippen molar-refractivity contribution in [2.24, 2.45) is 0 Å². The normalized spacial score (nSPS) is 10.5. The molecule has 0 saturated heterocycles. The van der Waals surface area contributed by atoms with E-state index < -0.39 is 0 Å². The summed E-state index contributed by atoms with van der Waals surface area (Å²) in [4.78, 5) is 0. The quantitative estimate of drug-likeness (QED) is 0.817. The Morgan fingerprint density at radius 2 is 1.86 bits per heavy atom. The minimum Gasteiger partial charge on any atom is -0.493 e. The summed E-state index contributed by atoms with van der Waals surface area (Å²) in [7, 11) is 3.55. The Kier molecular flexibility index (Phi) is 5.91. The Bertz CT molecular complexity index is 602. The van der Waals surface area contributed by atoms with Gasteiger partial charge in [0.2, 0.25) is 0 Å². The molecule has 5 heteroatoms. The summed E-state index contributed by atoms with van der Waals surface area (Å²) >= 11 is 9.43. The highest BCUT2D eigenvalue weighted by molar-refractivity contribution is 9.10. The van der Waals surface area contributed by atoms with Crippen molar-refractivity contribution in [3.63, 3.8) is 0 Å². The van der Waals surface area contributed by atoms with Gasteiger partial charge in [0.1, 0.15) is 6.61 Å². The fraction of sp³-hybridized carbons (Fsp3) is 0.250. The predicted octanol–water partition coefficient (Wildman–Crippen LogP) is 4.41. The predicted molar refractivity (Wildman–Crippen MR) is 89.2 cm³/mol. The molecule has 2 aromatic rings. The van der Waals surface area contributed by atoms with E-state index in [2.05, 4.69) is 21.2 Å². The third kappa shape index (κ3) is 4.37. The first-order valence-electron chi connectivity index (χ1n) is 6.52. The second-order valence-corrected chi connectivity index (χ2v) is 5.83. The van der Waals surface area contributed by atoms with Crippen molar-refractivity contribution in [3.05, 3.63) is 57.0 Å². The van der Waals surface area contributed by atoms with Gasteiger partial charge in [0.05, 0.1) is 7.11 Å². The van der Waals surface area contributed by atoms with Gasteiger partial charge in [-0.05, 0) is 42.4 Å². The van der Waals surface area contributed by atoms with Gasteiger partial charge in [-0.3, -0.25) is 0 Å². The molecule has 0 spiro atoms. The second kappa shape index (κ2) is 7.69. The number of ether oxygens (including phenoxy) is 2. The van der Waals surface area contributed by atoms with Crippen LogP contribution in [0.1, 0.15) is 11.1 Å². The number of methoxy groups -OCH3 is 1. The van der Waals surface area contributed by atoms with Crippen molar-refractivity contribution in [3.8, 4) is 11.5 Å². The zero-order valence-electron chi connectivity index (χ0n) is 12.0. The van der Waals surface area contributed by atoms with Crippen molar-refractivity contribution < 1.29 is 9.47 Å². The highest BCUT2D eigenvalue weighted by Gasteiger charge is 2.10. The summed E-state index contributed by atoms with van der Waals surface area (Å²) < 4.78 is 12.2. The second-order valence-electron chi connectivity index (χ2n) is 4.54. The van der Waals surface area contributed by atoms with E-state index in [1.165, 1.54) is 0 Å². The summed E-state index contributed by atoms with van der Waals surface area (Å²) in [6.07, 6.45) is 0. The first-order chi connectivity index (χ1) is 10.1. The number of rotatable bonds is 6. The van der Waals surface area contributed by atoms with E-state index in [-0.39, 0.29) is 0 Å². The molecule has 0 saturated carbocycles. The summed E-state index contributed by atoms with van der Waals surface area (Å²) in [6.45, 7) is 1.22. The van der Waals surface area contributed by atoms with E-state index in [0.29, 0.717) is 12.4 Å². The average molecular weight is 371 g/mol. The van der Waals surface area contributed by atoms with Crippen molar-refractivity contribution >= 4 is 27.5 Å². The molecular formula is C16H17BrClNO2. The first-order valence-corrected chi connectivity index (χ1v) is 7.69. The number of nitrogens with one attached hydrogen (secondary N) is 1. The summed E-state index contributed by atoms with van der Waals surface area (Å²) in [5, 5.41) is 3.84. The van der Waals surface area contributed by atoms with Gasteiger partial charge in [0.15, 0.2) is 11.5 Å². The molecule has 1 N–H and O–H groups in total. The van der Waals surface area contributed by atoms with Crippen LogP contribution in [0.4, 0.5) is 0 Å². The topological polar surface area (TPSA) is 30.5 Å². The van der Waals surface area contributed by atoms with Crippen LogP contribution in [0.15, 0.2) is 40.9 Å². The minimum atomic E-state index is 0.464. The number of hydrogen-bond donors (Lipinski definition) is 1. The molecule has 0 bridgehead atoms. The Morgan fingerprint density at radius 1 is 1.14 bits per heavy atom. The molecule has 0 unspecified atom stereocenters. The summed E-state index contributed by atoms with van der Waals surface area (Å²) in [6, 6.07) is 11.5. The van der Waals surface area contributed by atoms with E-state index in [1.54, 1.807) is 7.11 Å². The Balaban J connectivity index is 2.15. The van der Waals surface area contributed by atoms with E-state index in [4.69, 9.17) is 21.1 Å². The lowest BCUT2D eigenvalue weighted by Crippen LogP contribution is -2.06. The SMILES string of the molecule is CNCc1cc(OC)c(OCc2ccc(Cl)cc2)cc1Br. The average Bonchev–Trinajstić information content (AvgIpc) is 2.49. The molecule has 0 radical (unpaired) electrons. The smallest absolute Gasteiger partial charge is 0.162 e. The molecule has 0 aliphatic heterocycles. The number of benzene rings is 2. The van der Waals surface area contributed by atoms with Gasteiger partial charge in [-0.15, -0.1) is 0 Å². The molecule has 0 aliphatic carbocycles. The lowest BCUT2D eigenvalue weighted by atomic mass is 10.2. The van der Waals surface area contributed by atoms with Gasteiger partial charge in [0, 0.05) is 16.0 Å². The van der Waals surface area contributed by atoms with Gasteiger partial charge < -0.3 is 14.8 Å². The zero-order chi connectivity index (χ0) is 15.2. The fourth-order valence-corrected chi connectivity index (χ4v) is 2.51. The third-order valence-corrected chi connectivity index (χ3v) is 4.00. The Hall–Kier alpha value is -1.23. The maximum atomic E-state index is 5.87. The van der Waals surface area contributed by atoms with E-state index in [1.807, 2.05) is 43.4 Å². The molecule has 112 valence electrons. The van der Waals surface area contributed by atoms with Crippen LogP contribution in [0.3, 0.4) is 0 Å². The van der Waals surface area contributed by atoms with Gasteiger partial charge in [0.25, 0.3) is 0 Å². The highest BCUT2D eigenvalue weighted by atomic mass is 79.9. The zero-order valence-corrected chi connectivity index (χ0v) is 14.3. The fourth-order valence-electron chi connectivity index (χ4n) is 1.92. The van der Waals surface area contributed by atoms with Crippen molar-refractivity contribution in [2.45, 2.75) is 13.2 Å². The molecule has 2 rings (SSSR count). The Morgan fingerprint density at radius 3 is 2.48 bits per heavy atom. The van der Waals surface area contributed by atoms with Crippen LogP contribution in [0, 0.1) is 0 Å². The van der Waals surface area contributed by atoms with E-state index in [0.717, 1.165) is 32.9 Å². The monoisotopic (exact) mass is 369 g/mol. The van der Waals surface area contributed by atoms with Crippen LogP contribution in [-0.4, -0.2) is 14.2 Å². The summed E-state index contributed by atoms with van der Waals surface area (Å²) in [5.41, 5.74) is 2.17. The van der Waals surface area contributed by atoms with Crippen LogP contribution >= 0.6 is 27.5 Å². The molecule has 3 nitrogen and oxygen atoms in total. The minimum absolute atomic E-state index is 0.464. The van der Waals surface area contributed by atoms with Gasteiger partial charge in [-0.2, -0.15) is 0 Å². The first kappa shape index (κ1) is 16.1. The third-order valence-electron chi connectivity index (χ3n) is 3.01. The van der Waals surface area contributed by atoms with Crippen LogP contribution in [0.5, 0.6) is 11.5 Å². The van der Waals surface area contributed by atoms with E-state index >= 15 is 0 Å². The number of hydrogen-bond acceptors (Lipinski definition) is 3. The standard InChI is InChI=1S/C16H17BrClNO2/c1-19-9-12-7-15(20-2)16(8-14(12)17)21-10-11-3-5-13(18)6-4-11/h3-8,19H,9-10H2,1-2H3. The van der Waals surface area contributed by atoms with Gasteiger partial charge in [-0.25, -0.2) is 0 Å². The number of halogens is 2. The molecule has 0 fully saturated rings. The Labute approximate surface area is 138 Å². The van der Waals surface area contributed by atoms with Crippen molar-refractivity contribution in [1.82, 2.24) is 5.32 Å². The molecule has 0 atom stereocenters. The van der Waals surface area contributed by atoms with Crippen LogP contribution in [-0.2, 0) is 13.2 Å². The maximum absolute atomic E-state index is 5.87. The largest absolute Gasteiger partial charge is 0.493 e. The van der Waals surface area contributed by atoms with Crippen LogP contribution in [0.2, 0.25) is 5.02 Å². The molecule has 0 aromatic heterocycles. The van der Waals surface area contributed by atoms with Crippen LogP contribution < -0.4 is 14.8 Å². The molecule has 21 heavy (non-hydrogen) atoms. The highest BCUT2D eigenvalue weighted by Crippen LogP contribution is 2.34. The summed E-state index contributed by atoms with van der Waals surface area (Å²) in [5.74, 6) is 1.43. The maximum Gasteiger partial charge on any atom is 0.162 e. The van der Waals surface area contributed by atoms with Crippen LogP contribution in [0.25, 0.3) is 0 Å². The van der Waals surface area contributed by atoms with Crippen molar-refractivity contribution in [2.75, 3.05) is 14.2 Å². The van der Waals surface area contributed by atoms with Gasteiger partial charge in [-0.1, -0.05) is 39.7 Å². The van der Waals surface area contributed by atoms with Crippen molar-refractivity contribution in [1.29, 1.82) is 0 Å². The van der Waals surface area contributed by atoms with Gasteiger partial charge >= 0.3 is 0 Å². The van der Waals surface area contributed by atoms with E-state index in [9.17, 15) is 0 Å². The lowest BCUT2D eigenvalue weighted by Gasteiger charge is -2.14. The molecule has 0 heterocycles. The molecule has 0 amide bonds. The lowest BCUT2D eigenvalue weighted by molar-refractivity contribution is 0.284. The molecule has 2 aromatic carbocycles. The molecule has 0 aliphatic rings.